The third-order valence-corrected chi connectivity index (χ3v) is 2.70. The first-order chi connectivity index (χ1) is 10.7. The van der Waals surface area contributed by atoms with Crippen molar-refractivity contribution in [3.63, 3.8) is 0 Å². The van der Waals surface area contributed by atoms with Gasteiger partial charge in [0.2, 0.25) is 0 Å². The Kier molecular flexibility index (Phi) is 6.87. The Morgan fingerprint density at radius 1 is 1.09 bits per heavy atom. The molecule has 2 N–H and O–H groups in total. The van der Waals surface area contributed by atoms with Crippen molar-refractivity contribution in [2.45, 2.75) is 20.0 Å². The van der Waals surface area contributed by atoms with E-state index in [1.807, 2.05) is 13.8 Å². The fourth-order valence-electron chi connectivity index (χ4n) is 1.55. The average Bonchev–Trinajstić information content (AvgIpc) is 2.48. The molecule has 8 heteroatoms. The molecule has 0 aliphatic heterocycles. The lowest BCUT2D eigenvalue weighted by atomic mass is 10.1. The number of hydrogen-bond donors (Lipinski definition) is 2. The number of rotatable bonds is 6. The van der Waals surface area contributed by atoms with Crippen LogP contribution >= 0.6 is 0 Å². The molecule has 1 rings (SSSR count). The standard InChI is InChI=1S/C15H19F3N2O3/c1-10(2)9-23-14(22)20-8-7-19-13(21)11-3-5-12(6-4-11)15(16,17)18/h3-6,10H,7-9H2,1-2H3,(H,19,21)(H,20,22). The fourth-order valence-corrected chi connectivity index (χ4v) is 1.55. The van der Waals surface area contributed by atoms with Crippen molar-refractivity contribution < 1.29 is 27.5 Å². The highest BCUT2D eigenvalue weighted by Crippen LogP contribution is 2.28. The van der Waals surface area contributed by atoms with E-state index in [1.165, 1.54) is 0 Å². The summed E-state index contributed by atoms with van der Waals surface area (Å²) in [5.74, 6) is -0.295. The Labute approximate surface area is 132 Å². The smallest absolute Gasteiger partial charge is 0.416 e. The highest BCUT2D eigenvalue weighted by Gasteiger charge is 2.30. The number of alkyl carbamates (subject to hydrolysis) is 1. The third kappa shape index (κ3) is 7.03. The first-order valence-electron chi connectivity index (χ1n) is 7.06. The topological polar surface area (TPSA) is 67.4 Å². The van der Waals surface area contributed by atoms with Crippen molar-refractivity contribution in [1.29, 1.82) is 0 Å². The minimum absolute atomic E-state index is 0.111. The molecule has 23 heavy (non-hydrogen) atoms. The summed E-state index contributed by atoms with van der Waals surface area (Å²) < 4.78 is 42.1. The molecule has 0 bridgehead atoms. The lowest BCUT2D eigenvalue weighted by Crippen LogP contribution is -2.35. The molecule has 0 saturated carbocycles. The van der Waals surface area contributed by atoms with E-state index >= 15 is 0 Å². The van der Waals surface area contributed by atoms with Gasteiger partial charge in [-0.05, 0) is 30.2 Å². The number of benzene rings is 1. The first-order valence-corrected chi connectivity index (χ1v) is 7.06. The highest BCUT2D eigenvalue weighted by atomic mass is 19.4. The predicted octanol–water partition coefficient (Wildman–Crippen LogP) is 2.82. The van der Waals surface area contributed by atoms with Crippen LogP contribution in [0.5, 0.6) is 0 Å². The predicted molar refractivity (Wildman–Crippen MR) is 78.0 cm³/mol. The normalized spacial score (nSPS) is 11.2. The second-order valence-electron chi connectivity index (χ2n) is 5.25. The van der Waals surface area contributed by atoms with Gasteiger partial charge in [0.25, 0.3) is 5.91 Å². The van der Waals surface area contributed by atoms with E-state index in [-0.39, 0.29) is 24.6 Å². The van der Waals surface area contributed by atoms with Gasteiger partial charge >= 0.3 is 12.3 Å². The second-order valence-corrected chi connectivity index (χ2v) is 5.25. The van der Waals surface area contributed by atoms with Crippen LogP contribution in [0.15, 0.2) is 24.3 Å². The summed E-state index contributed by atoms with van der Waals surface area (Å²) in [4.78, 5) is 23.0. The van der Waals surface area contributed by atoms with Gasteiger partial charge in [0.05, 0.1) is 12.2 Å². The van der Waals surface area contributed by atoms with Crippen molar-refractivity contribution in [3.8, 4) is 0 Å². The Hall–Kier alpha value is -2.25. The molecule has 0 unspecified atom stereocenters. The van der Waals surface area contributed by atoms with Gasteiger partial charge in [0, 0.05) is 18.7 Å². The molecule has 0 fully saturated rings. The van der Waals surface area contributed by atoms with E-state index in [2.05, 4.69) is 10.6 Å². The lowest BCUT2D eigenvalue weighted by Gasteiger charge is -2.10. The average molecular weight is 332 g/mol. The lowest BCUT2D eigenvalue weighted by molar-refractivity contribution is -0.137. The third-order valence-electron chi connectivity index (χ3n) is 2.70. The van der Waals surface area contributed by atoms with Gasteiger partial charge in [-0.2, -0.15) is 13.2 Å². The van der Waals surface area contributed by atoms with Crippen molar-refractivity contribution in [1.82, 2.24) is 10.6 Å². The summed E-state index contributed by atoms with van der Waals surface area (Å²) in [5.41, 5.74) is -0.705. The van der Waals surface area contributed by atoms with Gasteiger partial charge in [0.15, 0.2) is 0 Å². The molecule has 0 heterocycles. The van der Waals surface area contributed by atoms with E-state index in [1.54, 1.807) is 0 Å². The van der Waals surface area contributed by atoms with E-state index in [4.69, 9.17) is 4.74 Å². The Balaban J connectivity index is 2.33. The van der Waals surface area contributed by atoms with Crippen LogP contribution in [0.3, 0.4) is 0 Å². The number of halogens is 3. The minimum atomic E-state index is -4.44. The van der Waals surface area contributed by atoms with Crippen LogP contribution in [0.25, 0.3) is 0 Å². The molecule has 0 spiro atoms. The summed E-state index contributed by atoms with van der Waals surface area (Å²) >= 11 is 0. The number of carbonyl (C=O) groups excluding carboxylic acids is 2. The van der Waals surface area contributed by atoms with Gasteiger partial charge in [-0.25, -0.2) is 4.79 Å². The minimum Gasteiger partial charge on any atom is -0.449 e. The van der Waals surface area contributed by atoms with Gasteiger partial charge in [0.1, 0.15) is 0 Å². The molecular weight excluding hydrogens is 313 g/mol. The molecule has 2 amide bonds. The summed E-state index contributed by atoms with van der Waals surface area (Å²) in [5, 5.41) is 4.94. The molecule has 5 nitrogen and oxygen atoms in total. The zero-order chi connectivity index (χ0) is 17.5. The molecule has 0 radical (unpaired) electrons. The van der Waals surface area contributed by atoms with E-state index in [0.717, 1.165) is 24.3 Å². The monoisotopic (exact) mass is 332 g/mol. The SMILES string of the molecule is CC(C)COC(=O)NCCNC(=O)c1ccc(C(F)(F)F)cc1. The maximum absolute atomic E-state index is 12.4. The number of ether oxygens (including phenoxy) is 1. The zero-order valence-corrected chi connectivity index (χ0v) is 12.9. The van der Waals surface area contributed by atoms with Crippen LogP contribution in [0.2, 0.25) is 0 Å². The number of hydrogen-bond acceptors (Lipinski definition) is 3. The fraction of sp³-hybridized carbons (Fsp3) is 0.467. The Morgan fingerprint density at radius 3 is 2.17 bits per heavy atom. The van der Waals surface area contributed by atoms with Crippen LogP contribution in [0.4, 0.5) is 18.0 Å². The molecule has 0 atom stereocenters. The molecule has 1 aromatic rings. The van der Waals surface area contributed by atoms with Crippen LogP contribution in [0, 0.1) is 5.92 Å². The quantitative estimate of drug-likeness (QED) is 0.787. The van der Waals surface area contributed by atoms with Crippen LogP contribution in [-0.2, 0) is 10.9 Å². The number of carbonyl (C=O) groups is 2. The van der Waals surface area contributed by atoms with Gasteiger partial charge in [-0.3, -0.25) is 4.79 Å². The van der Waals surface area contributed by atoms with Gasteiger partial charge < -0.3 is 15.4 Å². The first kappa shape index (κ1) is 18.8. The maximum atomic E-state index is 12.4. The largest absolute Gasteiger partial charge is 0.449 e. The summed E-state index contributed by atoms with van der Waals surface area (Å²) in [7, 11) is 0. The Bertz CT molecular complexity index is 528. The molecule has 0 aliphatic rings. The Morgan fingerprint density at radius 2 is 1.65 bits per heavy atom. The summed E-state index contributed by atoms with van der Waals surface area (Å²) in [6.07, 6.45) is -5.02. The number of alkyl halides is 3. The van der Waals surface area contributed by atoms with E-state index in [0.29, 0.717) is 6.61 Å². The van der Waals surface area contributed by atoms with Crippen molar-refractivity contribution in [2.24, 2.45) is 5.92 Å². The molecule has 0 saturated heterocycles. The number of amides is 2. The highest BCUT2D eigenvalue weighted by molar-refractivity contribution is 5.94. The van der Waals surface area contributed by atoms with Gasteiger partial charge in [-0.15, -0.1) is 0 Å². The van der Waals surface area contributed by atoms with E-state index in [9.17, 15) is 22.8 Å². The zero-order valence-electron chi connectivity index (χ0n) is 12.9. The molecular formula is C15H19F3N2O3. The second kappa shape index (κ2) is 8.40. The molecule has 0 aromatic heterocycles. The molecule has 1 aromatic carbocycles. The molecule has 128 valence electrons. The molecule has 0 aliphatic carbocycles. The van der Waals surface area contributed by atoms with Crippen LogP contribution < -0.4 is 10.6 Å². The number of nitrogens with one attached hydrogen (secondary N) is 2. The summed E-state index contributed by atoms with van der Waals surface area (Å²) in [6.45, 7) is 4.39. The van der Waals surface area contributed by atoms with Crippen LogP contribution in [0.1, 0.15) is 29.8 Å². The van der Waals surface area contributed by atoms with Crippen molar-refractivity contribution >= 4 is 12.0 Å². The summed E-state index contributed by atoms with van der Waals surface area (Å²) in [6, 6.07) is 3.89. The van der Waals surface area contributed by atoms with Crippen LogP contribution in [-0.4, -0.2) is 31.7 Å². The maximum Gasteiger partial charge on any atom is 0.416 e. The van der Waals surface area contributed by atoms with Crippen molar-refractivity contribution in [3.05, 3.63) is 35.4 Å². The van der Waals surface area contributed by atoms with Gasteiger partial charge in [-0.1, -0.05) is 13.8 Å². The van der Waals surface area contributed by atoms with Crippen molar-refractivity contribution in [2.75, 3.05) is 19.7 Å². The van der Waals surface area contributed by atoms with E-state index < -0.39 is 23.7 Å².